The number of nitrogens with one attached hydrogen (secondary N) is 1. The van der Waals surface area contributed by atoms with E-state index in [1.807, 2.05) is 32.0 Å². The number of carbonyl (C=O) groups excluding carboxylic acids is 1. The molecule has 1 amide bonds. The van der Waals surface area contributed by atoms with Gasteiger partial charge in [-0.05, 0) is 73.9 Å². The number of carbonyl (C=O) groups is 1. The zero-order chi connectivity index (χ0) is 22.2. The fourth-order valence-electron chi connectivity index (χ4n) is 3.93. The van der Waals surface area contributed by atoms with E-state index < -0.39 is 10.0 Å². The minimum Gasteiger partial charge on any atom is -0.495 e. The highest BCUT2D eigenvalue weighted by Crippen LogP contribution is 2.37. The molecule has 0 aromatic heterocycles. The van der Waals surface area contributed by atoms with Gasteiger partial charge in [-0.2, -0.15) is 0 Å². The van der Waals surface area contributed by atoms with Crippen LogP contribution in [0.5, 0.6) is 5.75 Å². The Hall–Kier alpha value is -3.32. The normalized spacial score (nSPS) is 15.5. The molecule has 0 fully saturated rings. The van der Waals surface area contributed by atoms with E-state index >= 15 is 0 Å². The van der Waals surface area contributed by atoms with Crippen LogP contribution < -0.4 is 14.4 Å². The van der Waals surface area contributed by atoms with Gasteiger partial charge in [-0.3, -0.25) is 9.10 Å². The average molecular weight is 437 g/mol. The van der Waals surface area contributed by atoms with Crippen molar-refractivity contribution in [2.45, 2.75) is 31.2 Å². The Balaban J connectivity index is 1.64. The summed E-state index contributed by atoms with van der Waals surface area (Å²) >= 11 is 0. The van der Waals surface area contributed by atoms with Crippen LogP contribution in [-0.2, 0) is 16.4 Å². The Kier molecular flexibility index (Phi) is 5.45. The molecule has 1 aliphatic rings. The lowest BCUT2D eigenvalue weighted by Gasteiger charge is -2.24. The molecule has 3 aromatic rings. The van der Waals surface area contributed by atoms with E-state index in [-0.39, 0.29) is 16.8 Å². The van der Waals surface area contributed by atoms with Crippen LogP contribution in [0.3, 0.4) is 0 Å². The van der Waals surface area contributed by atoms with Gasteiger partial charge in [-0.25, -0.2) is 8.42 Å². The highest BCUT2D eigenvalue weighted by Gasteiger charge is 2.36. The molecule has 7 heteroatoms. The number of hydrogen-bond donors (Lipinski definition) is 1. The fourth-order valence-corrected chi connectivity index (χ4v) is 5.64. The molecule has 0 unspecified atom stereocenters. The molecule has 0 radical (unpaired) electrons. The van der Waals surface area contributed by atoms with Gasteiger partial charge in [-0.1, -0.05) is 24.3 Å². The van der Waals surface area contributed by atoms with Crippen molar-refractivity contribution in [3.63, 3.8) is 0 Å². The molecule has 4 rings (SSSR count). The van der Waals surface area contributed by atoms with Crippen LogP contribution in [-0.4, -0.2) is 27.5 Å². The maximum absolute atomic E-state index is 13.2. The summed E-state index contributed by atoms with van der Waals surface area (Å²) in [4.78, 5) is 13.1. The number of fused-ring (bicyclic) bond motifs is 1. The smallest absolute Gasteiger partial charge is 0.264 e. The van der Waals surface area contributed by atoms with Crippen LogP contribution in [0.1, 0.15) is 28.4 Å². The Morgan fingerprint density at radius 2 is 1.81 bits per heavy atom. The largest absolute Gasteiger partial charge is 0.495 e. The van der Waals surface area contributed by atoms with E-state index in [0.29, 0.717) is 29.1 Å². The third-order valence-corrected chi connectivity index (χ3v) is 7.34. The van der Waals surface area contributed by atoms with Gasteiger partial charge in [0.25, 0.3) is 15.9 Å². The fraction of sp³-hybridized carbons (Fsp3) is 0.208. The summed E-state index contributed by atoms with van der Waals surface area (Å²) in [6, 6.07) is 18.9. The summed E-state index contributed by atoms with van der Waals surface area (Å²) < 4.78 is 33.2. The summed E-state index contributed by atoms with van der Waals surface area (Å²) in [6.45, 7) is 3.81. The monoisotopic (exact) mass is 436 g/mol. The third-order valence-electron chi connectivity index (χ3n) is 5.40. The second-order valence-corrected chi connectivity index (χ2v) is 9.48. The first-order valence-corrected chi connectivity index (χ1v) is 11.4. The lowest BCUT2D eigenvalue weighted by Crippen LogP contribution is -2.35. The molecular weight excluding hydrogens is 412 g/mol. The molecule has 0 saturated carbocycles. The number of methoxy groups -OCH3 is 1. The standard InChI is InChI=1S/C24H24N2O4S/c1-16-9-12-23(30-3)21(13-16)25-24(27)18-10-11-22-19(15-18)14-17(2)26(22)31(28,29)20-7-5-4-6-8-20/h4-13,15,17H,14H2,1-3H3,(H,25,27)/t17-/m0/s1. The maximum atomic E-state index is 13.2. The molecule has 6 nitrogen and oxygen atoms in total. The second-order valence-electron chi connectivity index (χ2n) is 7.67. The molecule has 1 atom stereocenters. The summed E-state index contributed by atoms with van der Waals surface area (Å²) in [7, 11) is -2.13. The minimum absolute atomic E-state index is 0.240. The quantitative estimate of drug-likeness (QED) is 0.643. The van der Waals surface area contributed by atoms with Gasteiger partial charge in [0.1, 0.15) is 5.75 Å². The van der Waals surface area contributed by atoms with E-state index in [1.54, 1.807) is 55.6 Å². The molecule has 1 aliphatic heterocycles. The van der Waals surface area contributed by atoms with Gasteiger partial charge in [-0.15, -0.1) is 0 Å². The van der Waals surface area contributed by atoms with Crippen molar-refractivity contribution in [1.29, 1.82) is 0 Å². The van der Waals surface area contributed by atoms with Gasteiger partial charge in [0.15, 0.2) is 0 Å². The Morgan fingerprint density at radius 1 is 1.06 bits per heavy atom. The number of sulfonamides is 1. The number of anilines is 2. The number of nitrogens with zero attached hydrogens (tertiary/aromatic N) is 1. The molecule has 0 aliphatic carbocycles. The van der Waals surface area contributed by atoms with Crippen molar-refractivity contribution in [3.8, 4) is 5.75 Å². The van der Waals surface area contributed by atoms with Crippen molar-refractivity contribution < 1.29 is 17.9 Å². The van der Waals surface area contributed by atoms with Crippen molar-refractivity contribution in [2.24, 2.45) is 0 Å². The van der Waals surface area contributed by atoms with Gasteiger partial charge in [0.05, 0.1) is 23.4 Å². The Morgan fingerprint density at radius 3 is 2.52 bits per heavy atom. The van der Waals surface area contributed by atoms with E-state index in [1.165, 1.54) is 4.31 Å². The molecule has 31 heavy (non-hydrogen) atoms. The first kappa shape index (κ1) is 20.9. The Bertz CT molecular complexity index is 1240. The summed E-state index contributed by atoms with van der Waals surface area (Å²) in [6.07, 6.45) is 0.538. The third kappa shape index (κ3) is 3.88. The van der Waals surface area contributed by atoms with Crippen LogP contribution in [0.2, 0.25) is 0 Å². The molecule has 0 saturated heterocycles. The minimum atomic E-state index is -3.68. The van der Waals surface area contributed by atoms with E-state index in [0.717, 1.165) is 11.1 Å². The van der Waals surface area contributed by atoms with Gasteiger partial charge in [0, 0.05) is 11.6 Å². The maximum Gasteiger partial charge on any atom is 0.264 e. The number of ether oxygens (including phenoxy) is 1. The summed E-state index contributed by atoms with van der Waals surface area (Å²) in [5, 5.41) is 2.89. The van der Waals surface area contributed by atoms with Crippen molar-refractivity contribution in [1.82, 2.24) is 0 Å². The van der Waals surface area contributed by atoms with Crippen LogP contribution in [0.25, 0.3) is 0 Å². The van der Waals surface area contributed by atoms with Crippen LogP contribution in [0.15, 0.2) is 71.6 Å². The lowest BCUT2D eigenvalue weighted by atomic mass is 10.1. The van der Waals surface area contributed by atoms with E-state index in [9.17, 15) is 13.2 Å². The zero-order valence-corrected chi connectivity index (χ0v) is 18.4. The van der Waals surface area contributed by atoms with Crippen molar-refractivity contribution in [3.05, 3.63) is 83.4 Å². The van der Waals surface area contributed by atoms with Crippen LogP contribution >= 0.6 is 0 Å². The highest BCUT2D eigenvalue weighted by atomic mass is 32.2. The summed E-state index contributed by atoms with van der Waals surface area (Å²) in [5.41, 5.74) is 3.50. The topological polar surface area (TPSA) is 75.7 Å². The second kappa shape index (κ2) is 8.07. The number of aryl methyl sites for hydroxylation is 1. The molecule has 1 heterocycles. The average Bonchev–Trinajstić information content (AvgIpc) is 3.10. The van der Waals surface area contributed by atoms with Gasteiger partial charge < -0.3 is 10.1 Å². The first-order valence-electron chi connectivity index (χ1n) is 9.99. The van der Waals surface area contributed by atoms with Gasteiger partial charge >= 0.3 is 0 Å². The van der Waals surface area contributed by atoms with E-state index in [2.05, 4.69) is 5.32 Å². The molecule has 160 valence electrons. The molecule has 3 aromatic carbocycles. The molecular formula is C24H24N2O4S. The number of rotatable bonds is 5. The lowest BCUT2D eigenvalue weighted by molar-refractivity contribution is 0.102. The van der Waals surface area contributed by atoms with Crippen molar-refractivity contribution >= 4 is 27.3 Å². The SMILES string of the molecule is COc1ccc(C)cc1NC(=O)c1ccc2c(c1)C[C@H](C)N2S(=O)(=O)c1ccccc1. The highest BCUT2D eigenvalue weighted by molar-refractivity contribution is 7.92. The van der Waals surface area contributed by atoms with Crippen LogP contribution in [0, 0.1) is 6.92 Å². The first-order chi connectivity index (χ1) is 14.8. The van der Waals surface area contributed by atoms with Crippen LogP contribution in [0.4, 0.5) is 11.4 Å². The number of hydrogen-bond acceptors (Lipinski definition) is 4. The van der Waals surface area contributed by atoms with E-state index in [4.69, 9.17) is 4.74 Å². The van der Waals surface area contributed by atoms with Crippen molar-refractivity contribution in [2.75, 3.05) is 16.7 Å². The molecule has 1 N–H and O–H groups in total. The summed E-state index contributed by atoms with van der Waals surface area (Å²) in [5.74, 6) is 0.303. The zero-order valence-electron chi connectivity index (χ0n) is 17.6. The number of amides is 1. The molecule has 0 bridgehead atoms. The number of benzene rings is 3. The predicted molar refractivity (Wildman–Crippen MR) is 121 cm³/mol. The molecule has 0 spiro atoms. The predicted octanol–water partition coefficient (Wildman–Crippen LogP) is 4.40. The van der Waals surface area contributed by atoms with Gasteiger partial charge in [0.2, 0.25) is 0 Å². The Labute approximate surface area is 182 Å².